The Morgan fingerprint density at radius 3 is 2.83 bits per heavy atom. The number of nitrogens with zero attached hydrogens (tertiary/aromatic N) is 3. The quantitative estimate of drug-likeness (QED) is 0.667. The monoisotopic (exact) mass is 183 g/mol. The van der Waals surface area contributed by atoms with Crippen molar-refractivity contribution in [1.29, 1.82) is 0 Å². The maximum atomic E-state index is 4.33. The van der Waals surface area contributed by atoms with Gasteiger partial charge in [0, 0.05) is 4.88 Å². The number of anilines is 1. The highest BCUT2D eigenvalue weighted by Crippen LogP contribution is 2.23. The first kappa shape index (κ1) is 7.35. The number of rotatable bonds is 1. The molecule has 12 heavy (non-hydrogen) atoms. The Morgan fingerprint density at radius 1 is 1.50 bits per heavy atom. The lowest BCUT2D eigenvalue weighted by Crippen LogP contribution is -2.38. The molecular weight excluding hydrogens is 174 g/mol. The van der Waals surface area contributed by atoms with Crippen molar-refractivity contribution in [2.45, 2.75) is 13.8 Å². The Labute approximate surface area is 74.0 Å². The highest BCUT2D eigenvalue weighted by molar-refractivity contribution is 7.15. The van der Waals surface area contributed by atoms with Crippen molar-refractivity contribution < 1.29 is 0 Å². The summed E-state index contributed by atoms with van der Waals surface area (Å²) >= 11 is 1.62. The van der Waals surface area contributed by atoms with E-state index in [1.807, 2.05) is 13.8 Å². The van der Waals surface area contributed by atoms with Gasteiger partial charge in [0.05, 0.1) is 5.69 Å². The second-order valence-corrected chi connectivity index (χ2v) is 3.64. The van der Waals surface area contributed by atoms with E-state index in [1.54, 1.807) is 22.8 Å². The van der Waals surface area contributed by atoms with Gasteiger partial charge in [-0.15, -0.1) is 5.10 Å². The summed E-state index contributed by atoms with van der Waals surface area (Å²) in [4.78, 5) is 5.55. The van der Waals surface area contributed by atoms with Crippen molar-refractivity contribution in [2.24, 2.45) is 5.10 Å². The third-order valence-electron chi connectivity index (χ3n) is 1.62. The summed E-state index contributed by atoms with van der Waals surface area (Å²) in [5.41, 5.74) is 6.71. The molecule has 1 aromatic heterocycles. The van der Waals surface area contributed by atoms with Gasteiger partial charge in [-0.3, -0.25) is 5.43 Å². The summed E-state index contributed by atoms with van der Waals surface area (Å²) in [5.74, 6) is 0. The van der Waals surface area contributed by atoms with Crippen LogP contribution in [0.1, 0.15) is 10.6 Å². The summed E-state index contributed by atoms with van der Waals surface area (Å²) in [6.45, 7) is 4.04. The molecule has 6 heteroatoms. The van der Waals surface area contributed by atoms with E-state index in [4.69, 9.17) is 0 Å². The molecule has 2 rings (SSSR count). The summed E-state index contributed by atoms with van der Waals surface area (Å²) in [5, 5.41) is 6.34. The number of nitrogens with one attached hydrogen (secondary N) is 2. The summed E-state index contributed by atoms with van der Waals surface area (Å²) in [7, 11) is 0. The predicted molar refractivity (Wildman–Crippen MR) is 48.8 cm³/mol. The van der Waals surface area contributed by atoms with Crippen molar-refractivity contribution in [3.63, 3.8) is 0 Å². The first-order valence-electron chi connectivity index (χ1n) is 3.55. The molecule has 2 N–H and O–H groups in total. The molecule has 64 valence electrons. The molecule has 0 atom stereocenters. The van der Waals surface area contributed by atoms with Crippen LogP contribution in [0.2, 0.25) is 0 Å². The van der Waals surface area contributed by atoms with E-state index in [0.29, 0.717) is 0 Å². The molecule has 0 spiro atoms. The van der Waals surface area contributed by atoms with Gasteiger partial charge < -0.3 is 0 Å². The lowest BCUT2D eigenvalue weighted by Gasteiger charge is -2.11. The topological polar surface area (TPSA) is 52.6 Å². The van der Waals surface area contributed by atoms with Crippen LogP contribution in [-0.2, 0) is 0 Å². The largest absolute Gasteiger partial charge is 0.264 e. The van der Waals surface area contributed by atoms with Gasteiger partial charge in [0.1, 0.15) is 6.34 Å². The maximum Gasteiger partial charge on any atom is 0.227 e. The average Bonchev–Trinajstić information content (AvgIpc) is 2.61. The molecule has 1 aliphatic rings. The van der Waals surface area contributed by atoms with Gasteiger partial charge in [-0.05, 0) is 13.8 Å². The van der Waals surface area contributed by atoms with E-state index in [-0.39, 0.29) is 0 Å². The van der Waals surface area contributed by atoms with Gasteiger partial charge >= 0.3 is 0 Å². The Kier molecular flexibility index (Phi) is 1.61. The molecule has 1 aliphatic heterocycles. The number of hydrazone groups is 1. The molecule has 0 fully saturated rings. The zero-order chi connectivity index (χ0) is 8.55. The zero-order valence-corrected chi connectivity index (χ0v) is 7.64. The third kappa shape index (κ3) is 1.10. The fourth-order valence-corrected chi connectivity index (χ4v) is 1.69. The van der Waals surface area contributed by atoms with Gasteiger partial charge in [0.25, 0.3) is 0 Å². The molecule has 0 saturated heterocycles. The molecule has 0 amide bonds. The highest BCUT2D eigenvalue weighted by atomic mass is 32.1. The van der Waals surface area contributed by atoms with E-state index in [1.165, 1.54) is 4.88 Å². The molecule has 0 radical (unpaired) electrons. The third-order valence-corrected chi connectivity index (χ3v) is 2.68. The van der Waals surface area contributed by atoms with Crippen LogP contribution in [-0.4, -0.2) is 11.3 Å². The van der Waals surface area contributed by atoms with Gasteiger partial charge in [-0.25, -0.2) is 4.98 Å². The molecule has 0 unspecified atom stereocenters. The normalized spacial score (nSPS) is 14.7. The summed E-state index contributed by atoms with van der Waals surface area (Å²) < 4.78 is 0. The Morgan fingerprint density at radius 2 is 2.33 bits per heavy atom. The van der Waals surface area contributed by atoms with Crippen LogP contribution < -0.4 is 16.1 Å². The van der Waals surface area contributed by atoms with Crippen molar-refractivity contribution in [1.82, 2.24) is 15.9 Å². The number of aromatic nitrogens is 1. The first-order chi connectivity index (χ1) is 5.77. The molecule has 1 aromatic rings. The van der Waals surface area contributed by atoms with E-state index in [9.17, 15) is 0 Å². The molecule has 0 bridgehead atoms. The first-order valence-corrected chi connectivity index (χ1v) is 4.36. The van der Waals surface area contributed by atoms with Crippen LogP contribution >= 0.6 is 11.3 Å². The Hall–Kier alpha value is -1.30. The van der Waals surface area contributed by atoms with Crippen LogP contribution in [0.3, 0.4) is 0 Å². The fourth-order valence-electron chi connectivity index (χ4n) is 0.852. The Bertz CT molecular complexity index is 290. The SMILES string of the molecule is Cc1nc(N2NC=NN2)sc1C. The van der Waals surface area contributed by atoms with Crippen LogP contribution in [0.25, 0.3) is 0 Å². The standard InChI is InChI=1S/C6H9N5S/c1-4-5(2)12-6(9-4)11-8-3-7-10-11/h3,10H,1-2H3,(H,7,8). The van der Waals surface area contributed by atoms with Crippen molar-refractivity contribution in [3.05, 3.63) is 10.6 Å². The van der Waals surface area contributed by atoms with Crippen LogP contribution in [0, 0.1) is 13.8 Å². The second-order valence-electron chi connectivity index (χ2n) is 2.46. The molecule has 2 heterocycles. The number of hydrogen-bond donors (Lipinski definition) is 2. The van der Waals surface area contributed by atoms with Crippen molar-refractivity contribution in [3.8, 4) is 0 Å². The minimum Gasteiger partial charge on any atom is -0.264 e. The lowest BCUT2D eigenvalue weighted by atomic mass is 10.4. The maximum absolute atomic E-state index is 4.33. The van der Waals surface area contributed by atoms with Crippen LogP contribution in [0.4, 0.5) is 5.13 Å². The minimum absolute atomic E-state index is 0.877. The van der Waals surface area contributed by atoms with Gasteiger partial charge in [-0.2, -0.15) is 10.7 Å². The van der Waals surface area contributed by atoms with E-state index >= 15 is 0 Å². The van der Waals surface area contributed by atoms with Crippen LogP contribution in [0.5, 0.6) is 0 Å². The Balaban J connectivity index is 2.23. The second kappa shape index (κ2) is 2.63. The lowest BCUT2D eigenvalue weighted by molar-refractivity contribution is 0.681. The van der Waals surface area contributed by atoms with Crippen LogP contribution in [0.15, 0.2) is 5.10 Å². The minimum atomic E-state index is 0.877. The van der Waals surface area contributed by atoms with E-state index in [2.05, 4.69) is 21.0 Å². The molecule has 0 aromatic carbocycles. The molecule has 0 aliphatic carbocycles. The van der Waals surface area contributed by atoms with Crippen molar-refractivity contribution >= 4 is 22.8 Å². The van der Waals surface area contributed by atoms with E-state index < -0.39 is 0 Å². The predicted octanol–water partition coefficient (Wildman–Crippen LogP) is 0.532. The van der Waals surface area contributed by atoms with Gasteiger partial charge in [-0.1, -0.05) is 11.3 Å². The van der Waals surface area contributed by atoms with Crippen molar-refractivity contribution in [2.75, 3.05) is 5.12 Å². The fraction of sp³-hybridized carbons (Fsp3) is 0.333. The summed E-state index contributed by atoms with van der Waals surface area (Å²) in [6.07, 6.45) is 1.58. The van der Waals surface area contributed by atoms with Gasteiger partial charge in [0.2, 0.25) is 5.13 Å². The zero-order valence-electron chi connectivity index (χ0n) is 6.83. The molecule has 5 nitrogen and oxygen atoms in total. The van der Waals surface area contributed by atoms with E-state index in [0.717, 1.165) is 10.8 Å². The highest BCUT2D eigenvalue weighted by Gasteiger charge is 2.12. The number of hydrazine groups is 2. The van der Waals surface area contributed by atoms with Gasteiger partial charge in [0.15, 0.2) is 0 Å². The molecular formula is C6H9N5S. The smallest absolute Gasteiger partial charge is 0.227 e. The number of hydrogen-bond acceptors (Lipinski definition) is 6. The number of thiazole rings is 1. The average molecular weight is 183 g/mol. The molecule has 0 saturated carbocycles. The number of aryl methyl sites for hydroxylation is 2. The summed E-state index contributed by atoms with van der Waals surface area (Å²) in [6, 6.07) is 0.